The molecule has 0 saturated carbocycles. The van der Waals surface area contributed by atoms with E-state index < -0.39 is 17.6 Å². The molecule has 2 nitrogen and oxygen atoms in total. The SMILES string of the molecule is Cc1ccc(C(=O)Nc2cccc(C(F)(F)F)c2)cc1C(C)(C)C. The molecule has 0 fully saturated rings. The van der Waals surface area contributed by atoms with Crippen LogP contribution in [0.1, 0.15) is 47.8 Å². The molecular weight excluding hydrogens is 315 g/mol. The number of carbonyl (C=O) groups is 1. The summed E-state index contributed by atoms with van der Waals surface area (Å²) in [4.78, 5) is 12.4. The van der Waals surface area contributed by atoms with E-state index in [4.69, 9.17) is 0 Å². The average Bonchev–Trinajstić information content (AvgIpc) is 2.45. The van der Waals surface area contributed by atoms with Crippen molar-refractivity contribution in [3.8, 4) is 0 Å². The molecule has 24 heavy (non-hydrogen) atoms. The molecule has 0 bridgehead atoms. The summed E-state index contributed by atoms with van der Waals surface area (Å²) in [5.74, 6) is -0.431. The number of aryl methyl sites for hydroxylation is 1. The molecule has 2 rings (SSSR count). The minimum atomic E-state index is -4.44. The van der Waals surface area contributed by atoms with Crippen molar-refractivity contribution in [3.05, 3.63) is 64.7 Å². The zero-order chi connectivity index (χ0) is 18.1. The van der Waals surface area contributed by atoms with Gasteiger partial charge >= 0.3 is 6.18 Å². The van der Waals surface area contributed by atoms with Crippen molar-refractivity contribution in [1.29, 1.82) is 0 Å². The lowest BCUT2D eigenvalue weighted by Crippen LogP contribution is -2.17. The van der Waals surface area contributed by atoms with Crippen molar-refractivity contribution in [3.63, 3.8) is 0 Å². The molecule has 0 spiro atoms. The topological polar surface area (TPSA) is 29.1 Å². The van der Waals surface area contributed by atoms with Crippen LogP contribution in [0.25, 0.3) is 0 Å². The molecule has 0 radical (unpaired) electrons. The van der Waals surface area contributed by atoms with Crippen LogP contribution in [0.5, 0.6) is 0 Å². The zero-order valence-electron chi connectivity index (χ0n) is 14.1. The van der Waals surface area contributed by atoms with Crippen LogP contribution in [0.4, 0.5) is 18.9 Å². The summed E-state index contributed by atoms with van der Waals surface area (Å²) < 4.78 is 38.2. The monoisotopic (exact) mass is 335 g/mol. The van der Waals surface area contributed by atoms with Crippen LogP contribution in [-0.2, 0) is 11.6 Å². The van der Waals surface area contributed by atoms with Crippen LogP contribution in [-0.4, -0.2) is 5.91 Å². The van der Waals surface area contributed by atoms with Crippen LogP contribution in [0.2, 0.25) is 0 Å². The highest BCUT2D eigenvalue weighted by atomic mass is 19.4. The highest BCUT2D eigenvalue weighted by Crippen LogP contribution is 2.31. The Balaban J connectivity index is 2.28. The first-order chi connectivity index (χ1) is 11.0. The van der Waals surface area contributed by atoms with Crippen molar-refractivity contribution in [2.45, 2.75) is 39.3 Å². The molecule has 2 aromatic carbocycles. The molecule has 0 heterocycles. The number of hydrogen-bond acceptors (Lipinski definition) is 1. The number of benzene rings is 2. The number of hydrogen-bond donors (Lipinski definition) is 1. The summed E-state index contributed by atoms with van der Waals surface area (Å²) in [6, 6.07) is 9.92. The average molecular weight is 335 g/mol. The fraction of sp³-hybridized carbons (Fsp3) is 0.316. The van der Waals surface area contributed by atoms with Gasteiger partial charge in [0.2, 0.25) is 0 Å². The largest absolute Gasteiger partial charge is 0.416 e. The van der Waals surface area contributed by atoms with Gasteiger partial charge in [-0.15, -0.1) is 0 Å². The van der Waals surface area contributed by atoms with Crippen LogP contribution in [0, 0.1) is 6.92 Å². The van der Waals surface area contributed by atoms with Gasteiger partial charge < -0.3 is 5.32 Å². The van der Waals surface area contributed by atoms with E-state index in [9.17, 15) is 18.0 Å². The van der Waals surface area contributed by atoms with E-state index >= 15 is 0 Å². The van der Waals surface area contributed by atoms with Gasteiger partial charge in [-0.2, -0.15) is 13.2 Å². The molecule has 0 aliphatic rings. The number of halogens is 3. The number of anilines is 1. The number of carbonyl (C=O) groups excluding carboxylic acids is 1. The first-order valence-corrected chi connectivity index (χ1v) is 7.58. The lowest BCUT2D eigenvalue weighted by atomic mass is 9.83. The van der Waals surface area contributed by atoms with Gasteiger partial charge in [0.05, 0.1) is 5.56 Å². The van der Waals surface area contributed by atoms with Crippen LogP contribution < -0.4 is 5.32 Å². The second-order valence-corrected chi connectivity index (χ2v) is 6.81. The number of rotatable bonds is 2. The van der Waals surface area contributed by atoms with Gasteiger partial charge in [0.1, 0.15) is 0 Å². The van der Waals surface area contributed by atoms with Crippen molar-refractivity contribution >= 4 is 11.6 Å². The summed E-state index contributed by atoms with van der Waals surface area (Å²) in [6.45, 7) is 8.10. The van der Waals surface area contributed by atoms with Gasteiger partial charge in [0, 0.05) is 11.3 Å². The lowest BCUT2D eigenvalue weighted by molar-refractivity contribution is -0.137. The van der Waals surface area contributed by atoms with Crippen molar-refractivity contribution < 1.29 is 18.0 Å². The summed E-state index contributed by atoms with van der Waals surface area (Å²) in [5, 5.41) is 2.53. The first-order valence-electron chi connectivity index (χ1n) is 7.58. The van der Waals surface area contributed by atoms with Gasteiger partial charge in [-0.3, -0.25) is 4.79 Å². The molecule has 1 N–H and O–H groups in total. The highest BCUT2D eigenvalue weighted by molar-refractivity contribution is 6.04. The second-order valence-electron chi connectivity index (χ2n) is 6.81. The molecule has 128 valence electrons. The maximum Gasteiger partial charge on any atom is 0.416 e. The number of nitrogens with one attached hydrogen (secondary N) is 1. The number of alkyl halides is 3. The molecule has 2 aromatic rings. The zero-order valence-corrected chi connectivity index (χ0v) is 14.1. The lowest BCUT2D eigenvalue weighted by Gasteiger charge is -2.22. The van der Waals surface area contributed by atoms with Gasteiger partial charge in [-0.1, -0.05) is 32.9 Å². The van der Waals surface area contributed by atoms with Crippen molar-refractivity contribution in [1.82, 2.24) is 0 Å². The Kier molecular flexibility index (Phi) is 4.74. The van der Waals surface area contributed by atoms with Crippen molar-refractivity contribution in [2.75, 3.05) is 5.32 Å². The molecule has 1 amide bonds. The Labute approximate surface area is 139 Å². The number of amides is 1. The van der Waals surface area contributed by atoms with Crippen LogP contribution >= 0.6 is 0 Å². The maximum atomic E-state index is 12.7. The van der Waals surface area contributed by atoms with Gasteiger partial charge in [0.25, 0.3) is 5.91 Å². The summed E-state index contributed by atoms with van der Waals surface area (Å²) in [6.07, 6.45) is -4.44. The van der Waals surface area contributed by atoms with Gasteiger partial charge in [0.15, 0.2) is 0 Å². The fourth-order valence-corrected chi connectivity index (χ4v) is 2.55. The summed E-state index contributed by atoms with van der Waals surface area (Å²) >= 11 is 0. The molecule has 0 unspecified atom stereocenters. The Morgan fingerprint density at radius 2 is 1.67 bits per heavy atom. The highest BCUT2D eigenvalue weighted by Gasteiger charge is 2.30. The first kappa shape index (κ1) is 18.0. The van der Waals surface area contributed by atoms with Gasteiger partial charge in [-0.05, 0) is 53.8 Å². The third-order valence-corrected chi connectivity index (χ3v) is 3.76. The molecule has 0 aromatic heterocycles. The third-order valence-electron chi connectivity index (χ3n) is 3.76. The predicted octanol–water partition coefficient (Wildman–Crippen LogP) is 5.56. The van der Waals surface area contributed by atoms with E-state index in [0.717, 1.165) is 23.3 Å². The standard InChI is InChI=1S/C19H20F3NO/c1-12-8-9-13(10-16(12)18(2,3)4)17(24)23-15-7-5-6-14(11-15)19(20,21)22/h5-11H,1-4H3,(H,23,24). The Bertz CT molecular complexity index is 758. The predicted molar refractivity (Wildman–Crippen MR) is 89.3 cm³/mol. The second kappa shape index (κ2) is 6.30. The molecule has 0 aliphatic heterocycles. The quantitative estimate of drug-likeness (QED) is 0.764. The molecule has 5 heteroatoms. The third kappa shape index (κ3) is 4.16. The molecular formula is C19H20F3NO. The fourth-order valence-electron chi connectivity index (χ4n) is 2.55. The molecule has 0 atom stereocenters. The van der Waals surface area contributed by atoms with E-state index in [1.807, 2.05) is 33.8 Å². The van der Waals surface area contributed by atoms with Crippen molar-refractivity contribution in [2.24, 2.45) is 0 Å². The Morgan fingerprint density at radius 1 is 1.00 bits per heavy atom. The smallest absolute Gasteiger partial charge is 0.322 e. The Morgan fingerprint density at radius 3 is 2.25 bits per heavy atom. The summed E-state index contributed by atoms with van der Waals surface area (Å²) in [7, 11) is 0. The summed E-state index contributed by atoms with van der Waals surface area (Å²) in [5.41, 5.74) is 1.71. The Hall–Kier alpha value is -2.30. The minimum Gasteiger partial charge on any atom is -0.322 e. The minimum absolute atomic E-state index is 0.118. The van der Waals surface area contributed by atoms with Crippen LogP contribution in [0.15, 0.2) is 42.5 Å². The molecule has 0 saturated heterocycles. The van der Waals surface area contributed by atoms with E-state index in [-0.39, 0.29) is 11.1 Å². The van der Waals surface area contributed by atoms with Gasteiger partial charge in [-0.25, -0.2) is 0 Å². The molecule has 0 aliphatic carbocycles. The van der Waals surface area contributed by atoms with E-state index in [1.165, 1.54) is 12.1 Å². The van der Waals surface area contributed by atoms with Crippen LogP contribution in [0.3, 0.4) is 0 Å². The van der Waals surface area contributed by atoms with E-state index in [2.05, 4.69) is 5.32 Å². The van der Waals surface area contributed by atoms with E-state index in [1.54, 1.807) is 12.1 Å². The maximum absolute atomic E-state index is 12.7. The van der Waals surface area contributed by atoms with E-state index in [0.29, 0.717) is 5.56 Å². The normalized spacial score (nSPS) is 12.1.